The van der Waals surface area contributed by atoms with Crippen molar-refractivity contribution >= 4 is 11.9 Å². The molecule has 1 unspecified atom stereocenters. The van der Waals surface area contributed by atoms with Gasteiger partial charge in [-0.2, -0.15) is 0 Å². The van der Waals surface area contributed by atoms with Gasteiger partial charge in [0.15, 0.2) is 0 Å². The Labute approximate surface area is 102 Å². The van der Waals surface area contributed by atoms with E-state index in [1.165, 1.54) is 0 Å². The highest BCUT2D eigenvalue weighted by Gasteiger charge is 2.49. The van der Waals surface area contributed by atoms with E-state index in [-0.39, 0.29) is 5.91 Å². The van der Waals surface area contributed by atoms with Crippen LogP contribution < -0.4 is 0 Å². The van der Waals surface area contributed by atoms with Gasteiger partial charge >= 0.3 is 5.97 Å². The summed E-state index contributed by atoms with van der Waals surface area (Å²) >= 11 is 0. The molecule has 4 nitrogen and oxygen atoms in total. The second kappa shape index (κ2) is 4.67. The Kier molecular flexibility index (Phi) is 3.40. The summed E-state index contributed by atoms with van der Waals surface area (Å²) in [6, 6.07) is 0. The van der Waals surface area contributed by atoms with Crippen molar-refractivity contribution in [3.05, 3.63) is 0 Å². The molecule has 96 valence electrons. The number of hydrogen-bond acceptors (Lipinski definition) is 2. The quantitative estimate of drug-likeness (QED) is 0.798. The maximum atomic E-state index is 12.2. The van der Waals surface area contributed by atoms with Crippen molar-refractivity contribution in [2.24, 2.45) is 5.92 Å². The number of carboxylic acid groups (broad SMARTS) is 1. The molecule has 17 heavy (non-hydrogen) atoms. The molecule has 1 heterocycles. The number of aliphatic carboxylic acids is 1. The Hall–Kier alpha value is -1.06. The Morgan fingerprint density at radius 2 is 2.12 bits per heavy atom. The lowest BCUT2D eigenvalue weighted by molar-refractivity contribution is -0.157. The van der Waals surface area contributed by atoms with Crippen LogP contribution in [0, 0.1) is 5.92 Å². The first kappa shape index (κ1) is 12.4. The van der Waals surface area contributed by atoms with Crippen molar-refractivity contribution in [3.63, 3.8) is 0 Å². The van der Waals surface area contributed by atoms with Gasteiger partial charge < -0.3 is 10.0 Å². The summed E-state index contributed by atoms with van der Waals surface area (Å²) in [6.07, 6.45) is 5.65. The summed E-state index contributed by atoms with van der Waals surface area (Å²) in [5, 5.41) is 9.47. The van der Waals surface area contributed by atoms with E-state index in [4.69, 9.17) is 0 Å². The zero-order valence-corrected chi connectivity index (χ0v) is 10.4. The third-order valence-corrected chi connectivity index (χ3v) is 4.01. The molecule has 0 aromatic heterocycles. The second-order valence-corrected chi connectivity index (χ2v) is 5.38. The zero-order valence-electron chi connectivity index (χ0n) is 10.4. The van der Waals surface area contributed by atoms with E-state index < -0.39 is 11.5 Å². The summed E-state index contributed by atoms with van der Waals surface area (Å²) in [4.78, 5) is 25.3. The van der Waals surface area contributed by atoms with Crippen LogP contribution in [0.4, 0.5) is 0 Å². The van der Waals surface area contributed by atoms with Crippen LogP contribution in [0.2, 0.25) is 0 Å². The molecule has 2 fully saturated rings. The van der Waals surface area contributed by atoms with Gasteiger partial charge in [-0.05, 0) is 38.0 Å². The Morgan fingerprint density at radius 1 is 1.41 bits per heavy atom. The van der Waals surface area contributed by atoms with E-state index in [1.54, 1.807) is 4.90 Å². The fourth-order valence-electron chi connectivity index (χ4n) is 2.92. The smallest absolute Gasteiger partial charge is 0.329 e. The van der Waals surface area contributed by atoms with Gasteiger partial charge in [0.05, 0.1) is 0 Å². The number of carbonyl (C=O) groups is 2. The Balaban J connectivity index is 2.11. The van der Waals surface area contributed by atoms with Crippen LogP contribution in [0.3, 0.4) is 0 Å². The monoisotopic (exact) mass is 239 g/mol. The number of rotatable bonds is 5. The minimum atomic E-state index is -0.902. The van der Waals surface area contributed by atoms with Gasteiger partial charge in [-0.15, -0.1) is 0 Å². The first-order valence-electron chi connectivity index (χ1n) is 6.64. The van der Waals surface area contributed by atoms with Gasteiger partial charge in [-0.25, -0.2) is 4.79 Å². The third-order valence-electron chi connectivity index (χ3n) is 4.01. The average Bonchev–Trinajstić information content (AvgIpc) is 2.96. The van der Waals surface area contributed by atoms with Crippen molar-refractivity contribution in [1.29, 1.82) is 0 Å². The molecule has 0 aromatic rings. The molecule has 1 saturated carbocycles. The van der Waals surface area contributed by atoms with Crippen molar-refractivity contribution in [3.8, 4) is 0 Å². The standard InChI is InChI=1S/C13H21NO3/c1-2-6-13(12(16)17)7-3-8-14(13)11(15)9-10-4-5-10/h10H,2-9H2,1H3,(H,16,17). The largest absolute Gasteiger partial charge is 0.479 e. The number of nitrogens with zero attached hydrogens (tertiary/aromatic N) is 1. The third kappa shape index (κ3) is 2.31. The van der Waals surface area contributed by atoms with E-state index in [2.05, 4.69) is 0 Å². The lowest BCUT2D eigenvalue weighted by Crippen LogP contribution is -2.53. The molecule has 1 amide bonds. The van der Waals surface area contributed by atoms with Crippen molar-refractivity contribution < 1.29 is 14.7 Å². The number of amides is 1. The summed E-state index contributed by atoms with van der Waals surface area (Å²) in [5.41, 5.74) is -0.902. The summed E-state index contributed by atoms with van der Waals surface area (Å²) in [7, 11) is 0. The number of likely N-dealkylation sites (tertiary alicyclic amines) is 1. The lowest BCUT2D eigenvalue weighted by atomic mass is 9.90. The van der Waals surface area contributed by atoms with Gasteiger partial charge in [0.2, 0.25) is 5.91 Å². The molecule has 0 radical (unpaired) electrons. The maximum absolute atomic E-state index is 12.2. The summed E-state index contributed by atoms with van der Waals surface area (Å²) in [6.45, 7) is 2.60. The highest BCUT2D eigenvalue weighted by Crippen LogP contribution is 2.38. The van der Waals surface area contributed by atoms with Gasteiger partial charge in [0.25, 0.3) is 0 Å². The van der Waals surface area contributed by atoms with E-state index >= 15 is 0 Å². The molecule has 1 aliphatic carbocycles. The predicted octanol–water partition coefficient (Wildman–Crippen LogP) is 2.03. The highest BCUT2D eigenvalue weighted by molar-refractivity contribution is 5.88. The molecule has 4 heteroatoms. The van der Waals surface area contributed by atoms with Crippen molar-refractivity contribution in [1.82, 2.24) is 4.90 Å². The Bertz CT molecular complexity index is 325. The van der Waals surface area contributed by atoms with Crippen LogP contribution in [-0.2, 0) is 9.59 Å². The van der Waals surface area contributed by atoms with Gasteiger partial charge in [0, 0.05) is 13.0 Å². The fourth-order valence-corrected chi connectivity index (χ4v) is 2.92. The Morgan fingerprint density at radius 3 is 2.65 bits per heavy atom. The maximum Gasteiger partial charge on any atom is 0.329 e. The van der Waals surface area contributed by atoms with E-state index in [1.807, 2.05) is 6.92 Å². The van der Waals surface area contributed by atoms with Gasteiger partial charge in [-0.1, -0.05) is 13.3 Å². The second-order valence-electron chi connectivity index (χ2n) is 5.38. The van der Waals surface area contributed by atoms with Crippen LogP contribution >= 0.6 is 0 Å². The van der Waals surface area contributed by atoms with Gasteiger partial charge in [0.1, 0.15) is 5.54 Å². The molecular formula is C13H21NO3. The molecular weight excluding hydrogens is 218 g/mol. The fraction of sp³-hybridized carbons (Fsp3) is 0.846. The molecule has 0 spiro atoms. The molecule has 1 atom stereocenters. The number of carbonyl (C=O) groups excluding carboxylic acids is 1. The van der Waals surface area contributed by atoms with Crippen LogP contribution in [0.5, 0.6) is 0 Å². The molecule has 0 bridgehead atoms. The molecule has 1 aliphatic heterocycles. The first-order valence-corrected chi connectivity index (χ1v) is 6.64. The molecule has 0 aromatic carbocycles. The lowest BCUT2D eigenvalue weighted by Gasteiger charge is -2.34. The molecule has 1 saturated heterocycles. The van der Waals surface area contributed by atoms with Crippen LogP contribution in [-0.4, -0.2) is 34.0 Å². The van der Waals surface area contributed by atoms with E-state index in [0.717, 1.165) is 25.7 Å². The van der Waals surface area contributed by atoms with E-state index in [0.29, 0.717) is 31.7 Å². The van der Waals surface area contributed by atoms with Crippen LogP contribution in [0.1, 0.15) is 51.9 Å². The molecule has 1 N–H and O–H groups in total. The normalized spacial score (nSPS) is 28.4. The van der Waals surface area contributed by atoms with Crippen LogP contribution in [0.25, 0.3) is 0 Å². The highest BCUT2D eigenvalue weighted by atomic mass is 16.4. The average molecular weight is 239 g/mol. The molecule has 2 rings (SSSR count). The molecule has 2 aliphatic rings. The summed E-state index contributed by atoms with van der Waals surface area (Å²) in [5.74, 6) is -0.238. The van der Waals surface area contributed by atoms with Crippen molar-refractivity contribution in [2.45, 2.75) is 57.4 Å². The first-order chi connectivity index (χ1) is 8.10. The SMILES string of the molecule is CCCC1(C(=O)O)CCCN1C(=O)CC1CC1. The zero-order chi connectivity index (χ0) is 12.5. The van der Waals surface area contributed by atoms with E-state index in [9.17, 15) is 14.7 Å². The number of hydrogen-bond donors (Lipinski definition) is 1. The van der Waals surface area contributed by atoms with Crippen molar-refractivity contribution in [2.75, 3.05) is 6.54 Å². The predicted molar refractivity (Wildman–Crippen MR) is 63.6 cm³/mol. The van der Waals surface area contributed by atoms with Gasteiger partial charge in [-0.3, -0.25) is 4.79 Å². The summed E-state index contributed by atoms with van der Waals surface area (Å²) < 4.78 is 0. The minimum Gasteiger partial charge on any atom is -0.479 e. The minimum absolute atomic E-state index is 0.0563. The number of carboxylic acids is 1. The topological polar surface area (TPSA) is 57.6 Å². The van der Waals surface area contributed by atoms with Crippen LogP contribution in [0.15, 0.2) is 0 Å².